The maximum absolute atomic E-state index is 11.5. The largest absolute Gasteiger partial charge is 0.462 e. The van der Waals surface area contributed by atoms with Gasteiger partial charge in [-0.15, -0.1) is 0 Å². The normalized spacial score (nSPS) is 19.4. The highest BCUT2D eigenvalue weighted by Crippen LogP contribution is 2.31. The summed E-state index contributed by atoms with van der Waals surface area (Å²) in [7, 11) is 0. The fourth-order valence-electron chi connectivity index (χ4n) is 2.20. The summed E-state index contributed by atoms with van der Waals surface area (Å²) < 4.78 is 4.92. The molecule has 90 valence electrons. The minimum atomic E-state index is -0.290. The van der Waals surface area contributed by atoms with Crippen molar-refractivity contribution < 1.29 is 14.3 Å². The molecule has 1 fully saturated rings. The molecule has 0 aliphatic heterocycles. The predicted molar refractivity (Wildman–Crippen MR) is 64.0 cm³/mol. The lowest BCUT2D eigenvalue weighted by molar-refractivity contribution is -0.117. The number of rotatable bonds is 3. The van der Waals surface area contributed by atoms with Gasteiger partial charge in [0.15, 0.2) is 0 Å². The van der Waals surface area contributed by atoms with E-state index in [1.165, 1.54) is 0 Å². The Hall–Kier alpha value is -1.64. The number of carbonyl (C=O) groups excluding carboxylic acids is 2. The lowest BCUT2D eigenvalue weighted by Gasteiger charge is -2.09. The zero-order chi connectivity index (χ0) is 12.3. The SMILES string of the molecule is CCOC(=O)c1ccc([C@@H]2CCC(=O)C2)cc1. The molecule has 0 bridgehead atoms. The molecule has 1 aromatic rings. The van der Waals surface area contributed by atoms with Gasteiger partial charge in [-0.25, -0.2) is 4.79 Å². The third-order valence-corrected chi connectivity index (χ3v) is 3.14. The van der Waals surface area contributed by atoms with E-state index in [1.807, 2.05) is 12.1 Å². The quantitative estimate of drug-likeness (QED) is 0.752. The third-order valence-electron chi connectivity index (χ3n) is 3.14. The second-order valence-corrected chi connectivity index (χ2v) is 4.32. The molecule has 1 saturated carbocycles. The van der Waals surface area contributed by atoms with Crippen LogP contribution < -0.4 is 0 Å². The number of ether oxygens (including phenoxy) is 1. The van der Waals surface area contributed by atoms with Crippen molar-refractivity contribution >= 4 is 11.8 Å². The highest BCUT2D eigenvalue weighted by molar-refractivity contribution is 5.89. The van der Waals surface area contributed by atoms with E-state index >= 15 is 0 Å². The van der Waals surface area contributed by atoms with Crippen LogP contribution in [-0.4, -0.2) is 18.4 Å². The van der Waals surface area contributed by atoms with Gasteiger partial charge in [-0.2, -0.15) is 0 Å². The van der Waals surface area contributed by atoms with Gasteiger partial charge in [0.2, 0.25) is 0 Å². The van der Waals surface area contributed by atoms with Crippen molar-refractivity contribution in [3.8, 4) is 0 Å². The Morgan fingerprint density at radius 2 is 2.06 bits per heavy atom. The van der Waals surface area contributed by atoms with Crippen LogP contribution in [0.25, 0.3) is 0 Å². The minimum Gasteiger partial charge on any atom is -0.462 e. The summed E-state index contributed by atoms with van der Waals surface area (Å²) in [4.78, 5) is 22.7. The molecule has 2 rings (SSSR count). The highest BCUT2D eigenvalue weighted by Gasteiger charge is 2.23. The number of benzene rings is 1. The number of hydrogen-bond donors (Lipinski definition) is 0. The fourth-order valence-corrected chi connectivity index (χ4v) is 2.20. The molecule has 1 atom stereocenters. The van der Waals surface area contributed by atoms with E-state index in [0.29, 0.717) is 36.7 Å². The van der Waals surface area contributed by atoms with Gasteiger partial charge >= 0.3 is 5.97 Å². The van der Waals surface area contributed by atoms with Crippen LogP contribution in [-0.2, 0) is 9.53 Å². The van der Waals surface area contributed by atoms with Crippen molar-refractivity contribution in [3.63, 3.8) is 0 Å². The molecular formula is C14H16O3. The van der Waals surface area contributed by atoms with E-state index in [2.05, 4.69) is 0 Å². The van der Waals surface area contributed by atoms with Gasteiger partial charge in [-0.1, -0.05) is 12.1 Å². The van der Waals surface area contributed by atoms with Gasteiger partial charge < -0.3 is 4.74 Å². The average molecular weight is 232 g/mol. The van der Waals surface area contributed by atoms with Crippen LogP contribution in [0.15, 0.2) is 24.3 Å². The van der Waals surface area contributed by atoms with Crippen molar-refractivity contribution in [2.75, 3.05) is 6.61 Å². The molecule has 17 heavy (non-hydrogen) atoms. The lowest BCUT2D eigenvalue weighted by Crippen LogP contribution is -2.04. The van der Waals surface area contributed by atoms with Crippen LogP contribution in [0.2, 0.25) is 0 Å². The topological polar surface area (TPSA) is 43.4 Å². The molecule has 0 saturated heterocycles. The Balaban J connectivity index is 2.07. The second kappa shape index (κ2) is 5.13. The predicted octanol–water partition coefficient (Wildman–Crippen LogP) is 2.70. The zero-order valence-corrected chi connectivity index (χ0v) is 9.94. The Kier molecular flexibility index (Phi) is 3.57. The average Bonchev–Trinajstić information content (AvgIpc) is 2.76. The van der Waals surface area contributed by atoms with Crippen LogP contribution in [0.5, 0.6) is 0 Å². The van der Waals surface area contributed by atoms with Gasteiger partial charge in [-0.3, -0.25) is 4.79 Å². The standard InChI is InChI=1S/C14H16O3/c1-2-17-14(16)11-5-3-10(4-6-11)12-7-8-13(15)9-12/h3-6,12H,2,7-9H2,1H3/t12-/m1/s1. The van der Waals surface area contributed by atoms with Crippen LogP contribution in [0, 0.1) is 0 Å². The summed E-state index contributed by atoms with van der Waals surface area (Å²) in [5.74, 6) is 0.379. The van der Waals surface area contributed by atoms with E-state index in [1.54, 1.807) is 19.1 Å². The van der Waals surface area contributed by atoms with Gasteiger partial charge in [0.25, 0.3) is 0 Å². The van der Waals surface area contributed by atoms with Crippen molar-refractivity contribution in [1.29, 1.82) is 0 Å². The van der Waals surface area contributed by atoms with Crippen LogP contribution in [0.4, 0.5) is 0 Å². The third kappa shape index (κ3) is 2.73. The molecule has 1 aromatic carbocycles. The molecule has 1 aliphatic rings. The Morgan fingerprint density at radius 3 is 2.59 bits per heavy atom. The fraction of sp³-hybridized carbons (Fsp3) is 0.429. The molecule has 3 nitrogen and oxygen atoms in total. The minimum absolute atomic E-state index is 0.290. The molecule has 0 aromatic heterocycles. The van der Waals surface area contributed by atoms with Crippen LogP contribution >= 0.6 is 0 Å². The number of carbonyl (C=O) groups is 2. The molecule has 0 amide bonds. The van der Waals surface area contributed by atoms with Crippen molar-refractivity contribution in [2.45, 2.75) is 32.1 Å². The van der Waals surface area contributed by atoms with Gasteiger partial charge in [0.05, 0.1) is 12.2 Å². The monoisotopic (exact) mass is 232 g/mol. The van der Waals surface area contributed by atoms with E-state index in [0.717, 1.165) is 12.0 Å². The van der Waals surface area contributed by atoms with Crippen molar-refractivity contribution in [2.24, 2.45) is 0 Å². The Labute approximate surface area is 101 Å². The first kappa shape index (κ1) is 11.8. The van der Waals surface area contributed by atoms with Gasteiger partial charge in [-0.05, 0) is 37.0 Å². The molecule has 0 radical (unpaired) electrons. The second-order valence-electron chi connectivity index (χ2n) is 4.32. The smallest absolute Gasteiger partial charge is 0.338 e. The van der Waals surface area contributed by atoms with E-state index in [9.17, 15) is 9.59 Å². The van der Waals surface area contributed by atoms with Crippen molar-refractivity contribution in [3.05, 3.63) is 35.4 Å². The summed E-state index contributed by atoms with van der Waals surface area (Å²) in [5.41, 5.74) is 1.71. The molecule has 0 spiro atoms. The van der Waals surface area contributed by atoms with Crippen molar-refractivity contribution in [1.82, 2.24) is 0 Å². The van der Waals surface area contributed by atoms with E-state index < -0.39 is 0 Å². The molecule has 0 N–H and O–H groups in total. The van der Waals surface area contributed by atoms with E-state index in [-0.39, 0.29) is 5.97 Å². The van der Waals surface area contributed by atoms with E-state index in [4.69, 9.17) is 4.74 Å². The summed E-state index contributed by atoms with van der Waals surface area (Å²) in [5, 5.41) is 0. The molecule has 0 heterocycles. The molecular weight excluding hydrogens is 216 g/mol. The van der Waals surface area contributed by atoms with Crippen LogP contribution in [0.1, 0.15) is 48.0 Å². The lowest BCUT2D eigenvalue weighted by atomic mass is 9.97. The number of ketones is 1. The number of esters is 1. The highest BCUT2D eigenvalue weighted by atomic mass is 16.5. The number of hydrogen-bond acceptors (Lipinski definition) is 3. The first-order valence-electron chi connectivity index (χ1n) is 5.99. The van der Waals surface area contributed by atoms with Gasteiger partial charge in [0.1, 0.15) is 5.78 Å². The Morgan fingerprint density at radius 1 is 1.35 bits per heavy atom. The van der Waals surface area contributed by atoms with Gasteiger partial charge in [0, 0.05) is 12.8 Å². The Bertz CT molecular complexity index is 420. The van der Waals surface area contributed by atoms with Crippen LogP contribution in [0.3, 0.4) is 0 Å². The molecule has 0 unspecified atom stereocenters. The summed E-state index contributed by atoms with van der Waals surface area (Å²) >= 11 is 0. The first-order chi connectivity index (χ1) is 8.20. The maximum atomic E-state index is 11.5. The molecule has 3 heteroatoms. The zero-order valence-electron chi connectivity index (χ0n) is 9.94. The maximum Gasteiger partial charge on any atom is 0.338 e. The molecule has 1 aliphatic carbocycles. The summed E-state index contributed by atoms with van der Waals surface area (Å²) in [6.45, 7) is 2.17. The number of Topliss-reactive ketones (excluding diaryl/α,β-unsaturated/α-hetero) is 1. The summed E-state index contributed by atoms with van der Waals surface area (Å²) in [6, 6.07) is 7.40. The first-order valence-corrected chi connectivity index (χ1v) is 5.99. The summed E-state index contributed by atoms with van der Waals surface area (Å²) in [6.07, 6.45) is 2.25.